The Bertz CT molecular complexity index is 505. The molecular formula is C19H29NO2. The number of amides is 1. The first-order valence-electron chi connectivity index (χ1n) is 8.27. The van der Waals surface area contributed by atoms with Gasteiger partial charge in [-0.1, -0.05) is 27.7 Å². The Labute approximate surface area is 134 Å². The molecule has 0 spiro atoms. The van der Waals surface area contributed by atoms with E-state index in [4.69, 9.17) is 4.74 Å². The van der Waals surface area contributed by atoms with E-state index >= 15 is 0 Å². The zero-order valence-electron chi connectivity index (χ0n) is 14.5. The van der Waals surface area contributed by atoms with Crippen LogP contribution in [0.5, 0.6) is 5.75 Å². The second-order valence-corrected chi connectivity index (χ2v) is 7.64. The van der Waals surface area contributed by atoms with Crippen LogP contribution in [0.2, 0.25) is 0 Å². The number of benzene rings is 1. The summed E-state index contributed by atoms with van der Waals surface area (Å²) in [7, 11) is 1.64. The molecule has 0 bridgehead atoms. The summed E-state index contributed by atoms with van der Waals surface area (Å²) in [5.41, 5.74) is 1.10. The van der Waals surface area contributed by atoms with Crippen molar-refractivity contribution in [3.8, 4) is 5.75 Å². The topological polar surface area (TPSA) is 38.3 Å². The largest absolute Gasteiger partial charge is 0.497 e. The van der Waals surface area contributed by atoms with Gasteiger partial charge in [0.1, 0.15) is 5.75 Å². The fourth-order valence-corrected chi connectivity index (χ4v) is 3.60. The number of ether oxygens (including phenoxy) is 1. The van der Waals surface area contributed by atoms with E-state index in [2.05, 4.69) is 33.0 Å². The average molecular weight is 303 g/mol. The van der Waals surface area contributed by atoms with Gasteiger partial charge in [0.2, 0.25) is 5.91 Å². The summed E-state index contributed by atoms with van der Waals surface area (Å²) < 4.78 is 5.15. The van der Waals surface area contributed by atoms with E-state index in [0.717, 1.165) is 24.3 Å². The molecule has 3 nitrogen and oxygen atoms in total. The molecule has 1 fully saturated rings. The Balaban J connectivity index is 2.10. The number of nitrogens with one attached hydrogen (secondary N) is 1. The highest BCUT2D eigenvalue weighted by Gasteiger charge is 2.39. The molecule has 3 heteroatoms. The van der Waals surface area contributed by atoms with Crippen LogP contribution in [0, 0.1) is 23.2 Å². The third kappa shape index (κ3) is 4.02. The summed E-state index contributed by atoms with van der Waals surface area (Å²) in [6.07, 6.45) is 3.32. The lowest BCUT2D eigenvalue weighted by atomic mass is 9.64. The van der Waals surface area contributed by atoms with Gasteiger partial charge in [0.05, 0.1) is 7.11 Å². The molecule has 2 atom stereocenters. The molecule has 1 aromatic rings. The van der Waals surface area contributed by atoms with E-state index in [-0.39, 0.29) is 17.2 Å². The number of methoxy groups -OCH3 is 1. The molecule has 1 aliphatic rings. The normalized spacial score (nSPS) is 24.1. The second kappa shape index (κ2) is 6.72. The number of hydrogen-bond acceptors (Lipinski definition) is 2. The maximum atomic E-state index is 12.8. The standard InChI is InChI=1S/C19H29NO2/c1-13(2)16-10-11-19(3,4)12-17(16)18(21)20-14-6-8-15(22-5)9-7-14/h6-9,13,16-17H,10-12H2,1-5H3,(H,20,21). The highest BCUT2D eigenvalue weighted by molar-refractivity contribution is 5.92. The van der Waals surface area contributed by atoms with Crippen LogP contribution in [0.1, 0.15) is 47.0 Å². The molecule has 1 saturated carbocycles. The second-order valence-electron chi connectivity index (χ2n) is 7.64. The zero-order chi connectivity index (χ0) is 16.3. The van der Waals surface area contributed by atoms with Crippen LogP contribution in [0.3, 0.4) is 0 Å². The summed E-state index contributed by atoms with van der Waals surface area (Å²) in [5, 5.41) is 3.09. The van der Waals surface area contributed by atoms with E-state index < -0.39 is 0 Å². The summed E-state index contributed by atoms with van der Waals surface area (Å²) in [6.45, 7) is 9.02. The van der Waals surface area contributed by atoms with Gasteiger partial charge in [0.15, 0.2) is 0 Å². The van der Waals surface area contributed by atoms with Crippen molar-refractivity contribution in [1.29, 1.82) is 0 Å². The van der Waals surface area contributed by atoms with E-state index in [9.17, 15) is 4.79 Å². The summed E-state index contributed by atoms with van der Waals surface area (Å²) in [5.74, 6) is 2.09. The summed E-state index contributed by atoms with van der Waals surface area (Å²) in [6, 6.07) is 7.55. The lowest BCUT2D eigenvalue weighted by molar-refractivity contribution is -0.125. The highest BCUT2D eigenvalue weighted by Crippen LogP contribution is 2.44. The molecule has 1 aliphatic carbocycles. The molecule has 0 aliphatic heterocycles. The smallest absolute Gasteiger partial charge is 0.227 e. The third-order valence-corrected chi connectivity index (χ3v) is 4.99. The van der Waals surface area contributed by atoms with Crippen LogP contribution in [-0.4, -0.2) is 13.0 Å². The Morgan fingerprint density at radius 1 is 1.27 bits per heavy atom. The van der Waals surface area contributed by atoms with Crippen LogP contribution in [0.25, 0.3) is 0 Å². The third-order valence-electron chi connectivity index (χ3n) is 4.99. The van der Waals surface area contributed by atoms with Crippen LogP contribution >= 0.6 is 0 Å². The van der Waals surface area contributed by atoms with Gasteiger partial charge in [-0.05, 0) is 60.8 Å². The number of anilines is 1. The monoisotopic (exact) mass is 303 g/mol. The molecule has 2 rings (SSSR count). The van der Waals surface area contributed by atoms with Crippen molar-refractivity contribution in [2.75, 3.05) is 12.4 Å². The molecule has 0 heterocycles. The molecule has 1 N–H and O–H groups in total. The van der Waals surface area contributed by atoms with Gasteiger partial charge in [-0.2, -0.15) is 0 Å². The first-order chi connectivity index (χ1) is 10.3. The Morgan fingerprint density at radius 3 is 2.45 bits per heavy atom. The van der Waals surface area contributed by atoms with E-state index in [1.54, 1.807) is 7.11 Å². The van der Waals surface area contributed by atoms with E-state index in [0.29, 0.717) is 11.8 Å². The lowest BCUT2D eigenvalue weighted by Crippen LogP contribution is -2.39. The van der Waals surface area contributed by atoms with Crippen molar-refractivity contribution < 1.29 is 9.53 Å². The predicted octanol–water partition coefficient (Wildman–Crippen LogP) is 4.73. The molecule has 0 aromatic heterocycles. The van der Waals surface area contributed by atoms with Crippen molar-refractivity contribution in [1.82, 2.24) is 0 Å². The maximum Gasteiger partial charge on any atom is 0.227 e. The van der Waals surface area contributed by atoms with Crippen LogP contribution in [0.15, 0.2) is 24.3 Å². The van der Waals surface area contributed by atoms with E-state index in [1.807, 2.05) is 24.3 Å². The Kier molecular flexibility index (Phi) is 5.15. The average Bonchev–Trinajstić information content (AvgIpc) is 2.46. The molecule has 1 amide bonds. The summed E-state index contributed by atoms with van der Waals surface area (Å²) >= 11 is 0. The van der Waals surface area contributed by atoms with Gasteiger partial charge < -0.3 is 10.1 Å². The molecule has 2 unspecified atom stereocenters. The molecular weight excluding hydrogens is 274 g/mol. The molecule has 1 aromatic carbocycles. The zero-order valence-corrected chi connectivity index (χ0v) is 14.5. The minimum Gasteiger partial charge on any atom is -0.497 e. The Morgan fingerprint density at radius 2 is 1.91 bits per heavy atom. The fraction of sp³-hybridized carbons (Fsp3) is 0.632. The van der Waals surface area contributed by atoms with Crippen molar-refractivity contribution in [3.63, 3.8) is 0 Å². The molecule has 22 heavy (non-hydrogen) atoms. The van der Waals surface area contributed by atoms with Crippen LogP contribution in [0.4, 0.5) is 5.69 Å². The lowest BCUT2D eigenvalue weighted by Gasteiger charge is -2.41. The quantitative estimate of drug-likeness (QED) is 0.873. The number of hydrogen-bond donors (Lipinski definition) is 1. The van der Waals surface area contributed by atoms with Gasteiger partial charge in [-0.25, -0.2) is 0 Å². The maximum absolute atomic E-state index is 12.8. The van der Waals surface area contributed by atoms with Gasteiger partial charge in [-0.15, -0.1) is 0 Å². The van der Waals surface area contributed by atoms with E-state index in [1.165, 1.54) is 6.42 Å². The SMILES string of the molecule is COc1ccc(NC(=O)C2CC(C)(C)CCC2C(C)C)cc1. The van der Waals surface area contributed by atoms with Gasteiger partial charge in [0, 0.05) is 11.6 Å². The van der Waals surface area contributed by atoms with Crippen LogP contribution < -0.4 is 10.1 Å². The number of rotatable bonds is 4. The summed E-state index contributed by atoms with van der Waals surface area (Å²) in [4.78, 5) is 12.8. The Hall–Kier alpha value is -1.51. The number of carbonyl (C=O) groups is 1. The minimum atomic E-state index is 0.103. The predicted molar refractivity (Wildman–Crippen MR) is 91.1 cm³/mol. The fourth-order valence-electron chi connectivity index (χ4n) is 3.60. The van der Waals surface area contributed by atoms with Gasteiger partial charge in [0.25, 0.3) is 0 Å². The molecule has 0 saturated heterocycles. The minimum absolute atomic E-state index is 0.103. The van der Waals surface area contributed by atoms with Crippen molar-refractivity contribution in [3.05, 3.63) is 24.3 Å². The molecule has 0 radical (unpaired) electrons. The first-order valence-corrected chi connectivity index (χ1v) is 8.27. The number of carbonyl (C=O) groups excluding carboxylic acids is 1. The molecule has 122 valence electrons. The van der Waals surface area contributed by atoms with Crippen molar-refractivity contribution in [2.24, 2.45) is 23.2 Å². The van der Waals surface area contributed by atoms with Gasteiger partial charge >= 0.3 is 0 Å². The van der Waals surface area contributed by atoms with Gasteiger partial charge in [-0.3, -0.25) is 4.79 Å². The van der Waals surface area contributed by atoms with Crippen molar-refractivity contribution >= 4 is 11.6 Å². The first kappa shape index (κ1) is 16.9. The highest BCUT2D eigenvalue weighted by atomic mass is 16.5. The van der Waals surface area contributed by atoms with Crippen LogP contribution in [-0.2, 0) is 4.79 Å². The van der Waals surface area contributed by atoms with Crippen molar-refractivity contribution in [2.45, 2.75) is 47.0 Å².